The summed E-state index contributed by atoms with van der Waals surface area (Å²) in [4.78, 5) is 12.2. The normalized spacial score (nSPS) is 12.4. The first kappa shape index (κ1) is 16.7. The van der Waals surface area contributed by atoms with Gasteiger partial charge in [0.05, 0.1) is 0 Å². The van der Waals surface area contributed by atoms with Crippen LogP contribution < -0.4 is 5.32 Å². The van der Waals surface area contributed by atoms with Crippen molar-refractivity contribution in [3.8, 4) is 0 Å². The minimum atomic E-state index is -0.0563. The summed E-state index contributed by atoms with van der Waals surface area (Å²) in [6.07, 6.45) is 4.02. The van der Waals surface area contributed by atoms with Crippen molar-refractivity contribution in [3.63, 3.8) is 0 Å². The van der Waals surface area contributed by atoms with Crippen molar-refractivity contribution in [3.05, 3.63) is 35.4 Å². The van der Waals surface area contributed by atoms with Gasteiger partial charge in [0.2, 0.25) is 0 Å². The quantitative estimate of drug-likeness (QED) is 0.767. The van der Waals surface area contributed by atoms with Gasteiger partial charge in [-0.25, -0.2) is 0 Å². The van der Waals surface area contributed by atoms with Gasteiger partial charge in [0.15, 0.2) is 0 Å². The van der Waals surface area contributed by atoms with Crippen LogP contribution in [0.5, 0.6) is 0 Å². The van der Waals surface area contributed by atoms with Crippen molar-refractivity contribution < 1.29 is 9.90 Å². The Labute approximate surface area is 122 Å². The van der Waals surface area contributed by atoms with E-state index in [0.717, 1.165) is 6.42 Å². The lowest BCUT2D eigenvalue weighted by Crippen LogP contribution is -2.39. The molecule has 3 nitrogen and oxygen atoms in total. The zero-order valence-corrected chi connectivity index (χ0v) is 12.9. The van der Waals surface area contributed by atoms with Crippen molar-refractivity contribution in [2.45, 2.75) is 52.5 Å². The molecule has 0 spiro atoms. The van der Waals surface area contributed by atoms with Crippen molar-refractivity contribution in [2.24, 2.45) is 5.92 Å². The van der Waals surface area contributed by atoms with E-state index in [9.17, 15) is 4.79 Å². The molecular formula is C17H27NO2. The number of aliphatic hydroxyl groups is 1. The average Bonchev–Trinajstić information content (AvgIpc) is 2.45. The fourth-order valence-electron chi connectivity index (χ4n) is 2.17. The van der Waals surface area contributed by atoms with Gasteiger partial charge in [0, 0.05) is 18.2 Å². The van der Waals surface area contributed by atoms with Gasteiger partial charge in [-0.15, -0.1) is 0 Å². The number of hydrogen-bond acceptors (Lipinski definition) is 2. The summed E-state index contributed by atoms with van der Waals surface area (Å²) < 4.78 is 0. The number of carbonyl (C=O) groups excluding carboxylic acids is 1. The summed E-state index contributed by atoms with van der Waals surface area (Å²) in [7, 11) is 0. The van der Waals surface area contributed by atoms with Crippen LogP contribution >= 0.6 is 0 Å². The van der Waals surface area contributed by atoms with E-state index in [2.05, 4.69) is 26.1 Å². The molecule has 0 aliphatic rings. The second-order valence-corrected chi connectivity index (χ2v) is 5.64. The molecule has 1 unspecified atom stereocenters. The third-order valence-electron chi connectivity index (χ3n) is 3.60. The largest absolute Gasteiger partial charge is 0.396 e. The lowest BCUT2D eigenvalue weighted by Gasteiger charge is -2.21. The highest BCUT2D eigenvalue weighted by atomic mass is 16.3. The van der Waals surface area contributed by atoms with E-state index in [1.807, 2.05) is 24.3 Å². The van der Waals surface area contributed by atoms with Crippen LogP contribution in [0.2, 0.25) is 0 Å². The third kappa shape index (κ3) is 5.33. The molecule has 1 atom stereocenters. The highest BCUT2D eigenvalue weighted by Crippen LogP contribution is 2.10. The molecule has 0 aromatic heterocycles. The minimum absolute atomic E-state index is 0.0206. The molecule has 1 amide bonds. The first-order valence-electron chi connectivity index (χ1n) is 7.59. The van der Waals surface area contributed by atoms with Crippen molar-refractivity contribution in [2.75, 3.05) is 6.61 Å². The Bertz CT molecular complexity index is 398. The molecule has 0 saturated carbocycles. The lowest BCUT2D eigenvalue weighted by molar-refractivity contribution is 0.0916. The Balaban J connectivity index is 2.62. The molecule has 0 radical (unpaired) electrons. The molecule has 1 aromatic carbocycles. The third-order valence-corrected chi connectivity index (χ3v) is 3.60. The van der Waals surface area contributed by atoms with Gasteiger partial charge in [-0.2, -0.15) is 0 Å². The molecule has 0 heterocycles. The van der Waals surface area contributed by atoms with Crippen LogP contribution in [-0.4, -0.2) is 23.7 Å². The number of nitrogens with one attached hydrogen (secondary N) is 1. The molecule has 0 fully saturated rings. The Morgan fingerprint density at radius 2 is 1.90 bits per heavy atom. The molecule has 20 heavy (non-hydrogen) atoms. The van der Waals surface area contributed by atoms with E-state index in [1.165, 1.54) is 18.4 Å². The average molecular weight is 277 g/mol. The number of rotatable bonds is 8. The topological polar surface area (TPSA) is 49.3 Å². The van der Waals surface area contributed by atoms with Crippen LogP contribution in [0.25, 0.3) is 0 Å². The number of hydrogen-bond donors (Lipinski definition) is 2. The number of amides is 1. The van der Waals surface area contributed by atoms with Crippen LogP contribution in [0.3, 0.4) is 0 Å². The number of benzene rings is 1. The van der Waals surface area contributed by atoms with Gasteiger partial charge in [-0.1, -0.05) is 39.3 Å². The standard InChI is InChI=1S/C17H27NO2/c1-4-5-6-14-7-9-15(10-8-14)17(20)18-16(11-12-19)13(2)3/h7-10,13,16,19H,4-6,11-12H2,1-3H3,(H,18,20). The van der Waals surface area contributed by atoms with E-state index < -0.39 is 0 Å². The van der Waals surface area contributed by atoms with Gasteiger partial charge in [-0.3, -0.25) is 4.79 Å². The number of carbonyl (C=O) groups is 1. The van der Waals surface area contributed by atoms with Crippen molar-refractivity contribution in [1.29, 1.82) is 0 Å². The van der Waals surface area contributed by atoms with Crippen LogP contribution in [0, 0.1) is 5.92 Å². The maximum absolute atomic E-state index is 12.2. The van der Waals surface area contributed by atoms with Gasteiger partial charge in [-0.05, 0) is 42.9 Å². The van der Waals surface area contributed by atoms with E-state index in [1.54, 1.807) is 0 Å². The second-order valence-electron chi connectivity index (χ2n) is 5.64. The zero-order chi connectivity index (χ0) is 15.0. The molecule has 0 aliphatic carbocycles. The predicted octanol–water partition coefficient (Wildman–Crippen LogP) is 3.17. The van der Waals surface area contributed by atoms with E-state index in [0.29, 0.717) is 17.9 Å². The molecule has 2 N–H and O–H groups in total. The van der Waals surface area contributed by atoms with Crippen LogP contribution in [0.4, 0.5) is 0 Å². The Hall–Kier alpha value is -1.35. The molecule has 3 heteroatoms. The van der Waals surface area contributed by atoms with Gasteiger partial charge in [0.25, 0.3) is 5.91 Å². The van der Waals surface area contributed by atoms with Gasteiger partial charge < -0.3 is 10.4 Å². The molecule has 0 bridgehead atoms. The molecular weight excluding hydrogens is 250 g/mol. The SMILES string of the molecule is CCCCc1ccc(C(=O)NC(CCO)C(C)C)cc1. The fraction of sp³-hybridized carbons (Fsp3) is 0.588. The highest BCUT2D eigenvalue weighted by molar-refractivity contribution is 5.94. The fourth-order valence-corrected chi connectivity index (χ4v) is 2.17. The zero-order valence-electron chi connectivity index (χ0n) is 12.9. The first-order chi connectivity index (χ1) is 9.58. The predicted molar refractivity (Wildman–Crippen MR) is 82.8 cm³/mol. The monoisotopic (exact) mass is 277 g/mol. The minimum Gasteiger partial charge on any atom is -0.396 e. The van der Waals surface area contributed by atoms with Crippen LogP contribution in [0.1, 0.15) is 56.0 Å². The summed E-state index contributed by atoms with van der Waals surface area (Å²) in [5.74, 6) is 0.258. The Morgan fingerprint density at radius 1 is 1.25 bits per heavy atom. The summed E-state index contributed by atoms with van der Waals surface area (Å²) in [5, 5.41) is 12.0. The van der Waals surface area contributed by atoms with Crippen LogP contribution in [0.15, 0.2) is 24.3 Å². The van der Waals surface area contributed by atoms with E-state index in [4.69, 9.17) is 5.11 Å². The maximum atomic E-state index is 12.2. The second kappa shape index (κ2) is 8.75. The molecule has 1 aromatic rings. The molecule has 0 aliphatic heterocycles. The molecule has 112 valence electrons. The Morgan fingerprint density at radius 3 is 2.40 bits per heavy atom. The highest BCUT2D eigenvalue weighted by Gasteiger charge is 2.16. The molecule has 1 rings (SSSR count). The smallest absolute Gasteiger partial charge is 0.251 e. The van der Waals surface area contributed by atoms with Crippen molar-refractivity contribution >= 4 is 5.91 Å². The number of aryl methyl sites for hydroxylation is 1. The van der Waals surface area contributed by atoms with E-state index in [-0.39, 0.29) is 18.6 Å². The maximum Gasteiger partial charge on any atom is 0.251 e. The van der Waals surface area contributed by atoms with Gasteiger partial charge in [0.1, 0.15) is 0 Å². The number of unbranched alkanes of at least 4 members (excludes halogenated alkanes) is 1. The van der Waals surface area contributed by atoms with E-state index >= 15 is 0 Å². The Kier molecular flexibility index (Phi) is 7.31. The molecule has 0 saturated heterocycles. The first-order valence-corrected chi connectivity index (χ1v) is 7.59. The summed E-state index contributed by atoms with van der Waals surface area (Å²) in [6, 6.07) is 7.85. The summed E-state index contributed by atoms with van der Waals surface area (Å²) in [6.45, 7) is 6.37. The lowest BCUT2D eigenvalue weighted by atomic mass is 10.0. The van der Waals surface area contributed by atoms with Gasteiger partial charge >= 0.3 is 0 Å². The summed E-state index contributed by atoms with van der Waals surface area (Å²) in [5.41, 5.74) is 1.97. The van der Waals surface area contributed by atoms with Crippen LogP contribution in [-0.2, 0) is 6.42 Å². The van der Waals surface area contributed by atoms with Crippen molar-refractivity contribution in [1.82, 2.24) is 5.32 Å². The summed E-state index contributed by atoms with van der Waals surface area (Å²) >= 11 is 0. The number of aliphatic hydroxyl groups excluding tert-OH is 1.